The highest BCUT2D eigenvalue weighted by Gasteiger charge is 2.17. The fourth-order valence-corrected chi connectivity index (χ4v) is 9.23. The van der Waals surface area contributed by atoms with Gasteiger partial charge in [-0.3, -0.25) is 18.7 Å². The molecule has 0 unspecified atom stereocenters. The number of rotatable bonds is 15. The van der Waals surface area contributed by atoms with Crippen LogP contribution in [0.4, 0.5) is 11.4 Å². The van der Waals surface area contributed by atoms with Gasteiger partial charge in [-0.15, -0.1) is 22.7 Å². The Morgan fingerprint density at radius 1 is 0.733 bits per heavy atom. The number of hydrogen-bond acceptors (Lipinski definition) is 13. The summed E-state index contributed by atoms with van der Waals surface area (Å²) < 4.78 is 8.98. The molecule has 316 valence electrons. The van der Waals surface area contributed by atoms with Crippen molar-refractivity contribution in [3.8, 4) is 12.1 Å². The lowest BCUT2D eigenvalue weighted by molar-refractivity contribution is -0.136. The third-order valence-corrected chi connectivity index (χ3v) is 12.5. The van der Waals surface area contributed by atoms with E-state index in [1.165, 1.54) is 72.1 Å². The van der Waals surface area contributed by atoms with E-state index in [1.807, 2.05) is 30.3 Å². The standard InChI is InChI=1S/C23H28N4O3S.C21H24N4O3S/c1-3-27-21(28)20(31-22(27)19(15-24)23(29)30-4-2)16-25-18-9-7-8-17(14-18)10-13-26-11-5-6-12-26;1-2-25-19(26)18(29-20(25)17(13-22)21(27)28)14-23-16-7-5-6-15(12-16)8-11-24-9-3-4-10-24/h7-9,14,16,25H,3-6,10-13H2,1-2H3;5-7,12,14,23H,2-4,8-11H2,1H3,(H,27,28). The normalized spacial score (nSPS) is 15.8. The van der Waals surface area contributed by atoms with Gasteiger partial charge in [-0.2, -0.15) is 10.5 Å². The topological polar surface area (TPSA) is 186 Å². The van der Waals surface area contributed by atoms with Gasteiger partial charge in [0.05, 0.1) is 6.61 Å². The van der Waals surface area contributed by atoms with E-state index in [4.69, 9.17) is 10.00 Å². The first-order valence-electron chi connectivity index (χ1n) is 20.3. The molecule has 0 saturated carbocycles. The largest absolute Gasteiger partial charge is 0.477 e. The van der Waals surface area contributed by atoms with Crippen molar-refractivity contribution >= 4 is 69.5 Å². The quantitative estimate of drug-likeness (QED) is 0.149. The number of nitrogens with one attached hydrogen (secondary N) is 2. The van der Waals surface area contributed by atoms with Gasteiger partial charge in [0.2, 0.25) is 0 Å². The Hall–Kier alpha value is -5.78. The van der Waals surface area contributed by atoms with Crippen molar-refractivity contribution in [3.63, 3.8) is 0 Å². The first-order chi connectivity index (χ1) is 29.1. The zero-order chi connectivity index (χ0) is 43.0. The number of thiazole rings is 2. The molecule has 2 aliphatic rings. The molecule has 3 N–H and O–H groups in total. The number of hydrogen-bond donors (Lipinski definition) is 3. The number of carboxylic acids is 1. The monoisotopic (exact) mass is 852 g/mol. The molecule has 16 heteroatoms. The number of esters is 1. The van der Waals surface area contributed by atoms with Crippen LogP contribution in [0.2, 0.25) is 0 Å². The van der Waals surface area contributed by atoms with Gasteiger partial charge in [-0.1, -0.05) is 24.3 Å². The average Bonchev–Trinajstić information content (AvgIpc) is 4.08. The molecule has 0 amide bonds. The second kappa shape index (κ2) is 22.6. The summed E-state index contributed by atoms with van der Waals surface area (Å²) >= 11 is 2.12. The minimum Gasteiger partial charge on any atom is -0.477 e. The van der Waals surface area contributed by atoms with E-state index in [0.29, 0.717) is 26.8 Å². The Bertz CT molecular complexity index is 2600. The zero-order valence-electron chi connectivity index (χ0n) is 34.4. The van der Waals surface area contributed by atoms with Crippen molar-refractivity contribution in [2.75, 3.05) is 56.5 Å². The number of aliphatic carboxylic acids is 1. The molecule has 2 aromatic carbocycles. The van der Waals surface area contributed by atoms with Crippen molar-refractivity contribution in [1.29, 1.82) is 10.5 Å². The van der Waals surface area contributed by atoms with E-state index in [9.17, 15) is 29.5 Å². The molecule has 2 saturated heterocycles. The van der Waals surface area contributed by atoms with Gasteiger partial charge in [-0.25, -0.2) is 9.59 Å². The number of carboxylic acid groups (broad SMARTS) is 1. The van der Waals surface area contributed by atoms with Crippen LogP contribution in [0.5, 0.6) is 0 Å². The maximum Gasteiger partial charge on any atom is 0.351 e. The molecular formula is C44H52N8O6S2. The molecule has 0 atom stereocenters. The van der Waals surface area contributed by atoms with E-state index in [0.717, 1.165) is 60.0 Å². The molecular weight excluding hydrogens is 801 g/mol. The van der Waals surface area contributed by atoms with Gasteiger partial charge < -0.3 is 30.3 Å². The fourth-order valence-electron chi connectivity index (χ4n) is 7.07. The zero-order valence-corrected chi connectivity index (χ0v) is 36.0. The lowest BCUT2D eigenvalue weighted by atomic mass is 10.1. The van der Waals surface area contributed by atoms with Gasteiger partial charge in [0, 0.05) is 50.0 Å². The van der Waals surface area contributed by atoms with Gasteiger partial charge in [-0.05, 0) is 121 Å². The Kier molecular flexibility index (Phi) is 17.0. The predicted molar refractivity (Wildman–Crippen MR) is 237 cm³/mol. The first kappa shape index (κ1) is 45.3. The lowest BCUT2D eigenvalue weighted by Crippen LogP contribution is -2.32. The summed E-state index contributed by atoms with van der Waals surface area (Å²) in [6.07, 6.45) is 10.3. The fraction of sp³-hybridized carbons (Fsp3) is 0.409. The number of likely N-dealkylation sites (tertiary alicyclic amines) is 2. The van der Waals surface area contributed by atoms with Gasteiger partial charge in [0.1, 0.15) is 30.5 Å². The van der Waals surface area contributed by atoms with E-state index in [-0.39, 0.29) is 28.0 Å². The summed E-state index contributed by atoms with van der Waals surface area (Å²) in [5.41, 5.74) is 3.11. The molecule has 0 spiro atoms. The van der Waals surface area contributed by atoms with Gasteiger partial charge >= 0.3 is 11.9 Å². The summed E-state index contributed by atoms with van der Waals surface area (Å²) in [7, 11) is 0. The third-order valence-electron chi connectivity index (χ3n) is 10.2. The van der Waals surface area contributed by atoms with Crippen molar-refractivity contribution in [2.45, 2.75) is 72.4 Å². The van der Waals surface area contributed by atoms with Crippen LogP contribution in [0, 0.1) is 22.7 Å². The maximum atomic E-state index is 12.8. The van der Waals surface area contributed by atoms with Crippen LogP contribution >= 0.6 is 22.7 Å². The predicted octanol–water partition coefficient (Wildman–Crippen LogP) is 2.83. The van der Waals surface area contributed by atoms with E-state index in [2.05, 4.69) is 44.7 Å². The highest BCUT2D eigenvalue weighted by Crippen LogP contribution is 2.15. The van der Waals surface area contributed by atoms with Crippen LogP contribution in [0.25, 0.3) is 23.5 Å². The van der Waals surface area contributed by atoms with Crippen molar-refractivity contribution < 1.29 is 19.4 Å². The first-order valence-corrected chi connectivity index (χ1v) is 22.0. The smallest absolute Gasteiger partial charge is 0.351 e. The minimum absolute atomic E-state index is 0.144. The second-order valence-electron chi connectivity index (χ2n) is 14.2. The molecule has 6 rings (SSSR count). The summed E-state index contributed by atoms with van der Waals surface area (Å²) in [5.74, 6) is -2.04. The Labute approximate surface area is 356 Å². The third kappa shape index (κ3) is 11.9. The van der Waals surface area contributed by atoms with Gasteiger partial charge in [0.15, 0.2) is 11.1 Å². The Morgan fingerprint density at radius 2 is 1.17 bits per heavy atom. The molecule has 14 nitrogen and oxygen atoms in total. The van der Waals surface area contributed by atoms with E-state index < -0.39 is 17.5 Å². The number of carbonyl (C=O) groups is 2. The second-order valence-corrected chi connectivity index (χ2v) is 16.3. The molecule has 60 heavy (non-hydrogen) atoms. The average molecular weight is 853 g/mol. The number of benzene rings is 2. The number of nitriles is 2. The molecule has 2 fully saturated rings. The molecule has 4 heterocycles. The Balaban J connectivity index is 0.000000228. The maximum absolute atomic E-state index is 12.8. The molecule has 4 aromatic rings. The lowest BCUT2D eigenvalue weighted by Gasteiger charge is -2.14. The number of nitrogens with zero attached hydrogens (tertiary/aromatic N) is 6. The molecule has 2 aromatic heterocycles. The van der Waals surface area contributed by atoms with Crippen LogP contribution in [0.1, 0.15) is 57.6 Å². The number of aromatic nitrogens is 2. The Morgan fingerprint density at radius 3 is 1.55 bits per heavy atom. The van der Waals surface area contributed by atoms with Crippen molar-refractivity contribution in [1.82, 2.24) is 18.9 Å². The highest BCUT2D eigenvalue weighted by molar-refractivity contribution is 7.08. The number of ether oxygens (including phenoxy) is 1. The number of anilines is 2. The van der Waals surface area contributed by atoms with Crippen molar-refractivity contribution in [3.05, 3.63) is 98.8 Å². The van der Waals surface area contributed by atoms with Gasteiger partial charge in [0.25, 0.3) is 11.1 Å². The molecule has 0 bridgehead atoms. The van der Waals surface area contributed by atoms with E-state index >= 15 is 0 Å². The summed E-state index contributed by atoms with van der Waals surface area (Å²) in [4.78, 5) is 53.7. The summed E-state index contributed by atoms with van der Waals surface area (Å²) in [6, 6.07) is 19.8. The molecule has 0 aliphatic carbocycles. The SMILES string of the molecule is CCOC(=O)C(C#N)=c1sc(=CNc2cccc(CCN3CCCC3)c2)c(=O)n1CC.CCn1c(=C(C#N)C(=O)O)sc(=CNc2cccc(CCN3CCCC3)c2)c1=O. The van der Waals surface area contributed by atoms with E-state index in [1.54, 1.807) is 39.2 Å². The van der Waals surface area contributed by atoms with Crippen LogP contribution < -0.4 is 40.1 Å². The van der Waals surface area contributed by atoms with Crippen LogP contribution in [-0.2, 0) is 40.3 Å². The number of carbonyl (C=O) groups excluding carboxylic acids is 1. The van der Waals surface area contributed by atoms with Crippen LogP contribution in [0.3, 0.4) is 0 Å². The van der Waals surface area contributed by atoms with Crippen LogP contribution in [-0.4, -0.2) is 81.9 Å². The van der Waals surface area contributed by atoms with Crippen LogP contribution in [0.15, 0.2) is 58.1 Å². The molecule has 0 radical (unpaired) electrons. The summed E-state index contributed by atoms with van der Waals surface area (Å²) in [6.45, 7) is 12.9. The minimum atomic E-state index is -1.33. The molecule has 2 aliphatic heterocycles. The summed E-state index contributed by atoms with van der Waals surface area (Å²) in [5, 5.41) is 34.1. The van der Waals surface area contributed by atoms with Crippen molar-refractivity contribution in [2.24, 2.45) is 0 Å². The highest BCUT2D eigenvalue weighted by atomic mass is 32.1.